The van der Waals surface area contributed by atoms with Gasteiger partial charge in [-0.3, -0.25) is 4.79 Å². The Morgan fingerprint density at radius 3 is 1.76 bits per heavy atom. The van der Waals surface area contributed by atoms with Crippen LogP contribution in [0.4, 0.5) is 0 Å². The molecule has 1 aromatic carbocycles. The second kappa shape index (κ2) is 20.6. The third kappa shape index (κ3) is 13.5. The first-order valence-corrected chi connectivity index (χ1v) is 17.3. The number of benzene rings is 1. The van der Waals surface area contributed by atoms with Crippen LogP contribution < -0.4 is 4.74 Å². The monoisotopic (exact) mass is 562 g/mol. The van der Waals surface area contributed by atoms with Gasteiger partial charge in [0.2, 0.25) is 0 Å². The van der Waals surface area contributed by atoms with E-state index in [-0.39, 0.29) is 11.9 Å². The van der Waals surface area contributed by atoms with E-state index in [9.17, 15) is 4.79 Å². The number of carbonyl (C=O) groups excluding carboxylic acids is 1. The van der Waals surface area contributed by atoms with Crippen LogP contribution in [0.2, 0.25) is 0 Å². The van der Waals surface area contributed by atoms with Gasteiger partial charge in [0.25, 0.3) is 0 Å². The molecule has 228 valence electrons. The molecule has 4 heteroatoms. The van der Waals surface area contributed by atoms with Crippen molar-refractivity contribution in [2.24, 2.45) is 11.8 Å². The third-order valence-electron chi connectivity index (χ3n) is 9.00. The Labute approximate surface area is 251 Å². The summed E-state index contributed by atoms with van der Waals surface area (Å²) in [4.78, 5) is 22.0. The van der Waals surface area contributed by atoms with Gasteiger partial charge in [0.1, 0.15) is 5.75 Å². The van der Waals surface area contributed by atoms with E-state index in [4.69, 9.17) is 4.74 Å². The second-order valence-electron chi connectivity index (χ2n) is 12.6. The molecule has 0 radical (unpaired) electrons. The lowest BCUT2D eigenvalue weighted by molar-refractivity contribution is -0.140. The molecule has 1 aliphatic carbocycles. The number of hydrogen-bond acceptors (Lipinski definition) is 4. The molecule has 1 heterocycles. The Morgan fingerprint density at radius 2 is 1.20 bits per heavy atom. The number of aryl methyl sites for hydroxylation is 1. The highest BCUT2D eigenvalue weighted by molar-refractivity contribution is 5.75. The minimum absolute atomic E-state index is 0.0440. The zero-order valence-corrected chi connectivity index (χ0v) is 26.4. The molecule has 1 saturated carbocycles. The Balaban J connectivity index is 1.28. The number of hydrogen-bond donors (Lipinski definition) is 0. The summed E-state index contributed by atoms with van der Waals surface area (Å²) in [5.74, 6) is 2.11. The quantitative estimate of drug-likeness (QED) is 0.0862. The summed E-state index contributed by atoms with van der Waals surface area (Å²) < 4.78 is 5.74. The molecule has 0 aliphatic heterocycles. The minimum atomic E-state index is -0.0689. The molecule has 0 spiro atoms. The molecule has 0 saturated heterocycles. The van der Waals surface area contributed by atoms with E-state index in [0.717, 1.165) is 49.4 Å². The SMILES string of the molecule is CCCCCCCCCCCCCCc1cnc(-c2ccc(OC(=O)[C@H]3CC[C@H](CCCCCC)CC3)cc2)nc1. The Bertz CT molecular complexity index is 932. The van der Waals surface area contributed by atoms with Crippen LogP contribution in [0.1, 0.15) is 154 Å². The van der Waals surface area contributed by atoms with Crippen molar-refractivity contribution in [3.05, 3.63) is 42.2 Å². The molecule has 1 aliphatic rings. The molecule has 41 heavy (non-hydrogen) atoms. The fraction of sp³-hybridized carbons (Fsp3) is 0.703. The van der Waals surface area contributed by atoms with Crippen molar-refractivity contribution in [3.63, 3.8) is 0 Å². The molecule has 1 aromatic heterocycles. The van der Waals surface area contributed by atoms with E-state index in [2.05, 4.69) is 23.8 Å². The van der Waals surface area contributed by atoms with E-state index in [1.807, 2.05) is 36.7 Å². The first-order chi connectivity index (χ1) is 20.2. The molecule has 0 bridgehead atoms. The molecule has 0 amide bonds. The number of aromatic nitrogens is 2. The van der Waals surface area contributed by atoms with Gasteiger partial charge < -0.3 is 4.74 Å². The number of rotatable bonds is 21. The lowest BCUT2D eigenvalue weighted by Crippen LogP contribution is -2.25. The molecular formula is C37H58N2O2. The molecule has 3 rings (SSSR count). The smallest absolute Gasteiger partial charge is 0.314 e. The third-order valence-corrected chi connectivity index (χ3v) is 9.00. The van der Waals surface area contributed by atoms with E-state index in [1.165, 1.54) is 115 Å². The van der Waals surface area contributed by atoms with Crippen LogP contribution >= 0.6 is 0 Å². The van der Waals surface area contributed by atoms with Crippen molar-refractivity contribution in [2.75, 3.05) is 0 Å². The normalized spacial score (nSPS) is 17.0. The maximum atomic E-state index is 12.7. The van der Waals surface area contributed by atoms with Crippen LogP contribution in [0.15, 0.2) is 36.7 Å². The summed E-state index contributed by atoms with van der Waals surface area (Å²) in [6, 6.07) is 7.65. The fourth-order valence-electron chi connectivity index (χ4n) is 6.22. The largest absolute Gasteiger partial charge is 0.426 e. The molecule has 4 nitrogen and oxygen atoms in total. The van der Waals surface area contributed by atoms with Gasteiger partial charge in [-0.25, -0.2) is 9.97 Å². The Morgan fingerprint density at radius 1 is 0.683 bits per heavy atom. The Hall–Kier alpha value is -2.23. The average Bonchev–Trinajstić information content (AvgIpc) is 3.01. The van der Waals surface area contributed by atoms with Crippen molar-refractivity contribution in [3.8, 4) is 17.1 Å². The van der Waals surface area contributed by atoms with Crippen molar-refractivity contribution in [1.82, 2.24) is 9.97 Å². The number of ether oxygens (including phenoxy) is 1. The topological polar surface area (TPSA) is 52.1 Å². The van der Waals surface area contributed by atoms with Gasteiger partial charge in [-0.05, 0) is 74.3 Å². The summed E-state index contributed by atoms with van der Waals surface area (Å²) in [7, 11) is 0. The van der Waals surface area contributed by atoms with E-state index in [1.54, 1.807) is 0 Å². The van der Waals surface area contributed by atoms with Crippen molar-refractivity contribution < 1.29 is 9.53 Å². The maximum Gasteiger partial charge on any atom is 0.314 e. The minimum Gasteiger partial charge on any atom is -0.426 e. The molecule has 0 atom stereocenters. The van der Waals surface area contributed by atoms with Gasteiger partial charge in [0, 0.05) is 18.0 Å². The van der Waals surface area contributed by atoms with Gasteiger partial charge in [0.15, 0.2) is 5.82 Å². The number of nitrogens with zero attached hydrogens (tertiary/aromatic N) is 2. The van der Waals surface area contributed by atoms with Gasteiger partial charge in [0.05, 0.1) is 5.92 Å². The van der Waals surface area contributed by atoms with Gasteiger partial charge in [-0.15, -0.1) is 0 Å². The number of esters is 1. The molecule has 0 unspecified atom stereocenters. The van der Waals surface area contributed by atoms with Crippen LogP contribution in [0.3, 0.4) is 0 Å². The predicted molar refractivity (Wildman–Crippen MR) is 172 cm³/mol. The van der Waals surface area contributed by atoms with E-state index < -0.39 is 0 Å². The van der Waals surface area contributed by atoms with E-state index >= 15 is 0 Å². The van der Waals surface area contributed by atoms with Gasteiger partial charge in [-0.1, -0.05) is 117 Å². The lowest BCUT2D eigenvalue weighted by Gasteiger charge is -2.27. The van der Waals surface area contributed by atoms with Crippen LogP contribution in [0.25, 0.3) is 11.4 Å². The first-order valence-electron chi connectivity index (χ1n) is 17.3. The van der Waals surface area contributed by atoms with Crippen LogP contribution in [-0.2, 0) is 11.2 Å². The fourth-order valence-corrected chi connectivity index (χ4v) is 6.22. The summed E-state index contributed by atoms with van der Waals surface area (Å²) in [6.07, 6.45) is 32.3. The van der Waals surface area contributed by atoms with Gasteiger partial charge in [-0.2, -0.15) is 0 Å². The number of unbranched alkanes of at least 4 members (excludes halogenated alkanes) is 14. The van der Waals surface area contributed by atoms with Crippen molar-refractivity contribution in [2.45, 2.75) is 155 Å². The van der Waals surface area contributed by atoms with Crippen molar-refractivity contribution >= 4 is 5.97 Å². The summed E-state index contributed by atoms with van der Waals surface area (Å²) >= 11 is 0. The summed E-state index contributed by atoms with van der Waals surface area (Å²) in [5.41, 5.74) is 2.16. The van der Waals surface area contributed by atoms with Gasteiger partial charge >= 0.3 is 5.97 Å². The standard InChI is InChI=1S/C37H58N2O2/c1-3-5-7-9-10-11-12-13-14-15-16-18-20-32-29-38-36(39-30-32)33-25-27-35(28-26-33)41-37(40)34-23-21-31(22-24-34)19-17-8-6-4-2/h25-31,34H,3-24H2,1-2H3/t31-,34-. The van der Waals surface area contributed by atoms with Crippen LogP contribution in [-0.4, -0.2) is 15.9 Å². The van der Waals surface area contributed by atoms with E-state index in [0.29, 0.717) is 5.75 Å². The highest BCUT2D eigenvalue weighted by Gasteiger charge is 2.27. The average molecular weight is 563 g/mol. The summed E-state index contributed by atoms with van der Waals surface area (Å²) in [6.45, 7) is 4.54. The lowest BCUT2D eigenvalue weighted by atomic mass is 9.80. The highest BCUT2D eigenvalue weighted by Crippen LogP contribution is 2.33. The first kappa shape index (κ1) is 33.3. The molecule has 0 N–H and O–H groups in total. The highest BCUT2D eigenvalue weighted by atomic mass is 16.5. The molecule has 1 fully saturated rings. The number of carbonyl (C=O) groups is 1. The Kier molecular flexibility index (Phi) is 16.7. The maximum absolute atomic E-state index is 12.7. The zero-order chi connectivity index (χ0) is 29.0. The second-order valence-corrected chi connectivity index (χ2v) is 12.6. The van der Waals surface area contributed by atoms with Crippen LogP contribution in [0.5, 0.6) is 5.75 Å². The van der Waals surface area contributed by atoms with Crippen LogP contribution in [0, 0.1) is 11.8 Å². The molecule has 2 aromatic rings. The zero-order valence-electron chi connectivity index (χ0n) is 26.4. The predicted octanol–water partition coefficient (Wildman–Crippen LogP) is 11.1. The molecular weight excluding hydrogens is 504 g/mol. The van der Waals surface area contributed by atoms with Crippen molar-refractivity contribution in [1.29, 1.82) is 0 Å². The summed E-state index contributed by atoms with van der Waals surface area (Å²) in [5, 5.41) is 0.